The van der Waals surface area contributed by atoms with E-state index < -0.39 is 0 Å². The summed E-state index contributed by atoms with van der Waals surface area (Å²) in [5.74, 6) is 0. The molecule has 0 fully saturated rings. The summed E-state index contributed by atoms with van der Waals surface area (Å²) in [6.07, 6.45) is 5.40. The Balaban J connectivity index is 2.43. The molecule has 0 bridgehead atoms. The summed E-state index contributed by atoms with van der Waals surface area (Å²) in [6, 6.07) is 1.84. The summed E-state index contributed by atoms with van der Waals surface area (Å²) in [5, 5.41) is 4.27. The van der Waals surface area contributed by atoms with Crippen molar-refractivity contribution in [3.63, 3.8) is 0 Å². The fourth-order valence-corrected chi connectivity index (χ4v) is 2.38. The van der Waals surface area contributed by atoms with E-state index in [4.69, 9.17) is 5.73 Å². The van der Waals surface area contributed by atoms with Gasteiger partial charge in [-0.25, -0.2) is 0 Å². The van der Waals surface area contributed by atoms with Crippen molar-refractivity contribution in [2.45, 2.75) is 26.4 Å². The molecule has 90 valence electrons. The van der Waals surface area contributed by atoms with Crippen molar-refractivity contribution in [2.75, 3.05) is 0 Å². The van der Waals surface area contributed by atoms with E-state index in [1.807, 2.05) is 24.7 Å². The number of nitrogens with zero attached hydrogens (tertiary/aromatic N) is 3. The number of hydrogen-bond donors (Lipinski definition) is 1. The lowest BCUT2D eigenvalue weighted by Gasteiger charge is -2.14. The second kappa shape index (κ2) is 4.98. The molecule has 17 heavy (non-hydrogen) atoms. The maximum atomic E-state index is 6.28. The zero-order chi connectivity index (χ0) is 12.4. The minimum absolute atomic E-state index is 0.209. The molecule has 0 radical (unpaired) electrons. The topological polar surface area (TPSA) is 56.7 Å². The number of nitrogens with two attached hydrogens (primary N) is 1. The minimum atomic E-state index is -0.209. The predicted octanol–water partition coefficient (Wildman–Crippen LogP) is 2.42. The highest BCUT2D eigenvalue weighted by molar-refractivity contribution is 9.10. The molecule has 2 N–H and O–H groups in total. The number of aryl methyl sites for hydroxylation is 2. The van der Waals surface area contributed by atoms with Gasteiger partial charge in [0.25, 0.3) is 0 Å². The van der Waals surface area contributed by atoms with Gasteiger partial charge in [0.2, 0.25) is 0 Å². The van der Waals surface area contributed by atoms with Gasteiger partial charge in [-0.1, -0.05) is 6.07 Å². The van der Waals surface area contributed by atoms with Crippen molar-refractivity contribution in [1.82, 2.24) is 14.8 Å². The van der Waals surface area contributed by atoms with Gasteiger partial charge in [0, 0.05) is 18.9 Å². The van der Waals surface area contributed by atoms with Crippen LogP contribution in [0.1, 0.15) is 29.8 Å². The fourth-order valence-electron chi connectivity index (χ4n) is 1.84. The fraction of sp³-hybridized carbons (Fsp3) is 0.333. The number of hydrogen-bond acceptors (Lipinski definition) is 3. The molecule has 0 aliphatic carbocycles. The molecule has 0 spiro atoms. The van der Waals surface area contributed by atoms with E-state index in [-0.39, 0.29) is 6.04 Å². The van der Waals surface area contributed by atoms with E-state index in [0.29, 0.717) is 0 Å². The Morgan fingerprint density at radius 3 is 2.82 bits per heavy atom. The lowest BCUT2D eigenvalue weighted by atomic mass is 10.1. The van der Waals surface area contributed by atoms with Crippen LogP contribution in [-0.4, -0.2) is 14.8 Å². The standard InChI is InChI=1S/C12H15BrN4/c1-3-17-12(10(13)7-16-17)11(14)9-4-8(2)5-15-6-9/h4-7,11H,3,14H2,1-2H3. The summed E-state index contributed by atoms with van der Waals surface area (Å²) in [6.45, 7) is 4.85. The predicted molar refractivity (Wildman–Crippen MR) is 70.6 cm³/mol. The van der Waals surface area contributed by atoms with E-state index in [9.17, 15) is 0 Å². The third kappa shape index (κ3) is 2.40. The second-order valence-electron chi connectivity index (χ2n) is 3.97. The molecule has 2 heterocycles. The van der Waals surface area contributed by atoms with Crippen LogP contribution in [0, 0.1) is 6.92 Å². The molecule has 5 heteroatoms. The number of aromatic nitrogens is 3. The third-order valence-electron chi connectivity index (χ3n) is 2.68. The molecule has 4 nitrogen and oxygen atoms in total. The molecule has 1 unspecified atom stereocenters. The Hall–Kier alpha value is -1.20. The number of pyridine rings is 1. The van der Waals surface area contributed by atoms with Crippen molar-refractivity contribution in [1.29, 1.82) is 0 Å². The van der Waals surface area contributed by atoms with E-state index in [2.05, 4.69) is 32.1 Å². The van der Waals surface area contributed by atoms with Crippen LogP contribution >= 0.6 is 15.9 Å². The first-order valence-corrected chi connectivity index (χ1v) is 6.31. The number of halogens is 1. The van der Waals surface area contributed by atoms with Crippen LogP contribution in [0.5, 0.6) is 0 Å². The van der Waals surface area contributed by atoms with Gasteiger partial charge < -0.3 is 5.73 Å². The average Bonchev–Trinajstić information content (AvgIpc) is 2.69. The van der Waals surface area contributed by atoms with E-state index >= 15 is 0 Å². The molecular weight excluding hydrogens is 280 g/mol. The van der Waals surface area contributed by atoms with Crippen molar-refractivity contribution >= 4 is 15.9 Å². The van der Waals surface area contributed by atoms with Crippen molar-refractivity contribution in [2.24, 2.45) is 5.73 Å². The Morgan fingerprint density at radius 1 is 1.41 bits per heavy atom. The van der Waals surface area contributed by atoms with Crippen LogP contribution in [0.4, 0.5) is 0 Å². The van der Waals surface area contributed by atoms with Crippen molar-refractivity contribution < 1.29 is 0 Å². The largest absolute Gasteiger partial charge is 0.319 e. The lowest BCUT2D eigenvalue weighted by molar-refractivity contribution is 0.599. The normalized spacial score (nSPS) is 12.7. The monoisotopic (exact) mass is 294 g/mol. The Bertz CT molecular complexity index is 521. The van der Waals surface area contributed by atoms with Crippen molar-refractivity contribution in [3.8, 4) is 0 Å². The molecular formula is C12H15BrN4. The molecule has 2 aromatic heterocycles. The summed E-state index contributed by atoms with van der Waals surface area (Å²) in [5.41, 5.74) is 9.37. The zero-order valence-corrected chi connectivity index (χ0v) is 11.5. The quantitative estimate of drug-likeness (QED) is 0.946. The Kier molecular flexibility index (Phi) is 3.59. The molecule has 0 aromatic carbocycles. The zero-order valence-electron chi connectivity index (χ0n) is 9.89. The summed E-state index contributed by atoms with van der Waals surface area (Å²) >= 11 is 3.49. The third-order valence-corrected chi connectivity index (χ3v) is 3.29. The van der Waals surface area contributed by atoms with E-state index in [1.54, 1.807) is 12.4 Å². The SMILES string of the molecule is CCn1ncc(Br)c1C(N)c1cncc(C)c1. The van der Waals surface area contributed by atoms with Gasteiger partial charge in [-0.3, -0.25) is 9.67 Å². The smallest absolute Gasteiger partial charge is 0.0749 e. The second-order valence-corrected chi connectivity index (χ2v) is 4.82. The van der Waals surface area contributed by atoms with Crippen LogP contribution in [0.15, 0.2) is 29.1 Å². The Labute approximate surface area is 109 Å². The molecule has 0 aliphatic heterocycles. The lowest BCUT2D eigenvalue weighted by Crippen LogP contribution is -2.18. The van der Waals surface area contributed by atoms with Gasteiger partial charge in [0.15, 0.2) is 0 Å². The maximum Gasteiger partial charge on any atom is 0.0749 e. The van der Waals surface area contributed by atoms with Gasteiger partial charge in [-0.05, 0) is 40.9 Å². The summed E-state index contributed by atoms with van der Waals surface area (Å²) in [4.78, 5) is 4.18. The van der Waals surface area contributed by atoms with E-state index in [1.165, 1.54) is 0 Å². The van der Waals surface area contributed by atoms with Gasteiger partial charge in [0.05, 0.1) is 22.4 Å². The first-order valence-electron chi connectivity index (χ1n) is 5.51. The van der Waals surface area contributed by atoms with Crippen LogP contribution in [0.2, 0.25) is 0 Å². The minimum Gasteiger partial charge on any atom is -0.319 e. The average molecular weight is 295 g/mol. The summed E-state index contributed by atoms with van der Waals surface area (Å²) in [7, 11) is 0. The first kappa shape index (κ1) is 12.3. The maximum absolute atomic E-state index is 6.28. The highest BCUT2D eigenvalue weighted by atomic mass is 79.9. The van der Waals surface area contributed by atoms with Crippen LogP contribution in [0.25, 0.3) is 0 Å². The van der Waals surface area contributed by atoms with Crippen LogP contribution < -0.4 is 5.73 Å². The van der Waals surface area contributed by atoms with Crippen LogP contribution in [0.3, 0.4) is 0 Å². The highest BCUT2D eigenvalue weighted by Gasteiger charge is 2.17. The first-order chi connectivity index (χ1) is 8.13. The molecule has 0 saturated carbocycles. The Morgan fingerprint density at radius 2 is 2.18 bits per heavy atom. The summed E-state index contributed by atoms with van der Waals surface area (Å²) < 4.78 is 2.84. The highest BCUT2D eigenvalue weighted by Crippen LogP contribution is 2.26. The van der Waals surface area contributed by atoms with Gasteiger partial charge in [-0.15, -0.1) is 0 Å². The van der Waals surface area contributed by atoms with Gasteiger partial charge in [0.1, 0.15) is 0 Å². The molecule has 0 aliphatic rings. The molecule has 0 saturated heterocycles. The van der Waals surface area contributed by atoms with Gasteiger partial charge in [-0.2, -0.15) is 5.10 Å². The molecule has 1 atom stereocenters. The molecule has 0 amide bonds. The van der Waals surface area contributed by atoms with Crippen molar-refractivity contribution in [3.05, 3.63) is 46.0 Å². The molecule has 2 aromatic rings. The van der Waals surface area contributed by atoms with E-state index in [0.717, 1.165) is 27.8 Å². The molecule has 2 rings (SSSR count). The number of rotatable bonds is 3. The van der Waals surface area contributed by atoms with Crippen LogP contribution in [-0.2, 0) is 6.54 Å². The van der Waals surface area contributed by atoms with Gasteiger partial charge >= 0.3 is 0 Å².